The maximum atomic E-state index is 12.4. The molecule has 226 valence electrons. The first kappa shape index (κ1) is 28.9. The molecule has 40 heavy (non-hydrogen) atoms. The van der Waals surface area contributed by atoms with Crippen LogP contribution in [0.4, 0.5) is 0 Å². The maximum absolute atomic E-state index is 12.4. The molecule has 0 aromatic carbocycles. The van der Waals surface area contributed by atoms with Crippen molar-refractivity contribution < 1.29 is 23.8 Å². The highest BCUT2D eigenvalue weighted by Crippen LogP contribution is 2.67. The number of nitrogens with zero attached hydrogens (tertiary/aromatic N) is 2. The second-order valence-electron chi connectivity index (χ2n) is 14.8. The quantitative estimate of drug-likeness (QED) is 0.447. The molecule has 0 amide bonds. The molecule has 6 aliphatic rings. The highest BCUT2D eigenvalue weighted by atomic mass is 16.5. The van der Waals surface area contributed by atoms with Gasteiger partial charge in [-0.1, -0.05) is 26.7 Å². The van der Waals surface area contributed by atoms with Gasteiger partial charge in [0.05, 0.1) is 13.2 Å². The van der Waals surface area contributed by atoms with Crippen LogP contribution in [0.5, 0.6) is 0 Å². The fourth-order valence-corrected chi connectivity index (χ4v) is 11.0. The van der Waals surface area contributed by atoms with Gasteiger partial charge in [-0.25, -0.2) is 0 Å². The van der Waals surface area contributed by atoms with Crippen LogP contribution < -0.4 is 0 Å². The first-order valence-corrected chi connectivity index (χ1v) is 16.6. The predicted octanol–water partition coefficient (Wildman–Crippen LogP) is 5.06. The van der Waals surface area contributed by atoms with Crippen molar-refractivity contribution in [3.05, 3.63) is 0 Å². The van der Waals surface area contributed by atoms with E-state index in [0.29, 0.717) is 29.7 Å². The molecule has 0 spiro atoms. The molecular formula is C33H54N2O5. The van der Waals surface area contributed by atoms with Gasteiger partial charge in [0, 0.05) is 44.4 Å². The first-order valence-electron chi connectivity index (χ1n) is 16.6. The molecule has 6 rings (SSSR count). The van der Waals surface area contributed by atoms with Crippen LogP contribution in [0.25, 0.3) is 0 Å². The second-order valence-corrected chi connectivity index (χ2v) is 14.8. The van der Waals surface area contributed by atoms with Gasteiger partial charge in [0.1, 0.15) is 12.2 Å². The Balaban J connectivity index is 1.27. The lowest BCUT2D eigenvalue weighted by molar-refractivity contribution is -0.182. The van der Waals surface area contributed by atoms with Crippen LogP contribution >= 0.6 is 0 Å². The molecule has 0 aromatic heterocycles. The van der Waals surface area contributed by atoms with Crippen LogP contribution in [0.2, 0.25) is 0 Å². The third-order valence-corrected chi connectivity index (χ3v) is 12.8. The second kappa shape index (κ2) is 11.5. The molecule has 0 radical (unpaired) electrons. The molecule has 2 aliphatic heterocycles. The molecule has 7 nitrogen and oxygen atoms in total. The van der Waals surface area contributed by atoms with E-state index < -0.39 is 0 Å². The van der Waals surface area contributed by atoms with Crippen molar-refractivity contribution in [2.24, 2.45) is 34.5 Å². The topological polar surface area (TPSA) is 68.3 Å². The molecule has 4 saturated carbocycles. The molecule has 6 fully saturated rings. The van der Waals surface area contributed by atoms with Crippen LogP contribution in [0.15, 0.2) is 0 Å². The van der Waals surface area contributed by atoms with E-state index in [1.54, 1.807) is 13.8 Å². The van der Waals surface area contributed by atoms with E-state index in [1.165, 1.54) is 51.4 Å². The van der Waals surface area contributed by atoms with Gasteiger partial charge >= 0.3 is 11.9 Å². The minimum atomic E-state index is -0.143. The van der Waals surface area contributed by atoms with E-state index in [9.17, 15) is 9.59 Å². The van der Waals surface area contributed by atoms with E-state index in [1.807, 2.05) is 0 Å². The molecule has 2 saturated heterocycles. The van der Waals surface area contributed by atoms with E-state index in [4.69, 9.17) is 14.2 Å². The average Bonchev–Trinajstić information content (AvgIpc) is 3.06. The molecule has 2 heterocycles. The maximum Gasteiger partial charge on any atom is 0.302 e. The normalized spacial score (nSPS) is 46.4. The van der Waals surface area contributed by atoms with Crippen LogP contribution in [-0.4, -0.2) is 85.4 Å². The zero-order valence-corrected chi connectivity index (χ0v) is 25.6. The predicted molar refractivity (Wildman–Crippen MR) is 154 cm³/mol. The average molecular weight is 559 g/mol. The zero-order valence-electron chi connectivity index (χ0n) is 25.6. The molecule has 0 bridgehead atoms. The summed E-state index contributed by atoms with van der Waals surface area (Å²) < 4.78 is 18.0. The lowest BCUT2D eigenvalue weighted by Crippen LogP contribution is -2.61. The van der Waals surface area contributed by atoms with Gasteiger partial charge in [0.15, 0.2) is 0 Å². The molecule has 7 heteroatoms. The van der Waals surface area contributed by atoms with Gasteiger partial charge in [0.25, 0.3) is 0 Å². The minimum Gasteiger partial charge on any atom is -0.461 e. The van der Waals surface area contributed by atoms with Gasteiger partial charge in [-0.05, 0) is 100.0 Å². The number of carbonyl (C=O) groups excluding carboxylic acids is 2. The number of likely N-dealkylation sites (tertiary alicyclic amines) is 1. The smallest absolute Gasteiger partial charge is 0.302 e. The molecule has 0 aromatic rings. The molecule has 10 atom stereocenters. The van der Waals surface area contributed by atoms with Gasteiger partial charge in [-0.3, -0.25) is 19.4 Å². The molecular weight excluding hydrogens is 504 g/mol. The number of fused-ring (bicyclic) bond motifs is 5. The van der Waals surface area contributed by atoms with E-state index in [-0.39, 0.29) is 41.0 Å². The van der Waals surface area contributed by atoms with Crippen LogP contribution in [-0.2, 0) is 23.8 Å². The Kier molecular flexibility index (Phi) is 8.30. The third kappa shape index (κ3) is 5.15. The summed E-state index contributed by atoms with van der Waals surface area (Å²) in [5.74, 6) is 2.33. The highest BCUT2D eigenvalue weighted by Gasteiger charge is 2.65. The van der Waals surface area contributed by atoms with Gasteiger partial charge in [-0.2, -0.15) is 0 Å². The summed E-state index contributed by atoms with van der Waals surface area (Å²) in [6.45, 7) is 14.0. The van der Waals surface area contributed by atoms with Gasteiger partial charge < -0.3 is 14.2 Å². The van der Waals surface area contributed by atoms with Crippen molar-refractivity contribution in [1.29, 1.82) is 0 Å². The largest absolute Gasteiger partial charge is 0.461 e. The van der Waals surface area contributed by atoms with Crippen molar-refractivity contribution >= 4 is 11.9 Å². The summed E-state index contributed by atoms with van der Waals surface area (Å²) in [4.78, 5) is 29.9. The van der Waals surface area contributed by atoms with Crippen molar-refractivity contribution in [2.45, 2.75) is 123 Å². The zero-order chi connectivity index (χ0) is 28.1. The van der Waals surface area contributed by atoms with Crippen molar-refractivity contribution in [3.8, 4) is 0 Å². The summed E-state index contributed by atoms with van der Waals surface area (Å²) >= 11 is 0. The number of rotatable bonds is 4. The summed E-state index contributed by atoms with van der Waals surface area (Å²) in [7, 11) is 0. The lowest BCUT2D eigenvalue weighted by Gasteiger charge is -2.62. The third-order valence-electron chi connectivity index (χ3n) is 12.8. The number of hydrogen-bond acceptors (Lipinski definition) is 7. The van der Waals surface area contributed by atoms with Crippen LogP contribution in [0.3, 0.4) is 0 Å². The summed E-state index contributed by atoms with van der Waals surface area (Å²) in [5, 5.41) is 0. The fraction of sp³-hybridized carbons (Fsp3) is 0.939. The first-order chi connectivity index (χ1) is 19.2. The Hall–Kier alpha value is -1.18. The Morgan fingerprint density at radius 1 is 0.750 bits per heavy atom. The molecule has 4 aliphatic carbocycles. The summed E-state index contributed by atoms with van der Waals surface area (Å²) in [6, 6.07) is 0.644. The SMILES string of the molecule is CC(=O)O[C@H]1C[C@@H]2CC[C@@H]3[C@H](CC[C@@]4(C)[C@H]3C[C@H](N3CCCCCC3)[C@@H]4OC(C)=O)[C@@]2(C)C[C@@H]1N1CCOCC1. The number of carbonyl (C=O) groups is 2. The standard InChI is InChI=1S/C33H54N2O5/c1-22(36)39-30-19-24-9-10-25-26(33(24,4)21-29(30)35-15-17-38-18-16-35)11-12-32(3)27(25)20-28(31(32)40-23(2)37)34-13-7-5-6-8-14-34/h24-31H,5-21H2,1-4H3/t24-,25+,26-,27-,28-,29-,30-,31-,32-,33-/m0/s1. The fourth-order valence-electron chi connectivity index (χ4n) is 11.0. The van der Waals surface area contributed by atoms with Crippen molar-refractivity contribution in [3.63, 3.8) is 0 Å². The molecule has 0 N–H and O–H groups in total. The van der Waals surface area contributed by atoms with Crippen LogP contribution in [0.1, 0.15) is 98.3 Å². The van der Waals surface area contributed by atoms with Crippen molar-refractivity contribution in [1.82, 2.24) is 9.80 Å². The monoisotopic (exact) mass is 558 g/mol. The van der Waals surface area contributed by atoms with Gasteiger partial charge in [0.2, 0.25) is 0 Å². The van der Waals surface area contributed by atoms with Crippen LogP contribution in [0, 0.1) is 34.5 Å². The Bertz CT molecular complexity index is 930. The molecule has 0 unspecified atom stereocenters. The number of morpholine rings is 1. The minimum absolute atomic E-state index is 0.00803. The Labute approximate surface area is 242 Å². The Morgan fingerprint density at radius 2 is 1.43 bits per heavy atom. The number of esters is 2. The van der Waals surface area contributed by atoms with Gasteiger partial charge in [-0.15, -0.1) is 0 Å². The van der Waals surface area contributed by atoms with E-state index in [0.717, 1.165) is 58.7 Å². The van der Waals surface area contributed by atoms with E-state index in [2.05, 4.69) is 23.6 Å². The van der Waals surface area contributed by atoms with E-state index >= 15 is 0 Å². The highest BCUT2D eigenvalue weighted by molar-refractivity contribution is 5.66. The Morgan fingerprint density at radius 3 is 2.10 bits per heavy atom. The summed E-state index contributed by atoms with van der Waals surface area (Å²) in [5.41, 5.74) is 0.313. The summed E-state index contributed by atoms with van der Waals surface area (Å²) in [6.07, 6.45) is 13.3. The van der Waals surface area contributed by atoms with Crippen molar-refractivity contribution in [2.75, 3.05) is 39.4 Å². The number of ether oxygens (including phenoxy) is 3. The lowest BCUT2D eigenvalue weighted by atomic mass is 9.44. The number of hydrogen-bond donors (Lipinski definition) is 0.